The molecule has 33 heavy (non-hydrogen) atoms. The molecular formula is C26H24ClN3O3. The molecule has 0 saturated carbocycles. The number of hydrogen-bond acceptors (Lipinski definition) is 3. The minimum atomic E-state index is -0.304. The van der Waals surface area contributed by atoms with E-state index in [1.165, 1.54) is 5.56 Å². The Balaban J connectivity index is 1.60. The third-order valence-electron chi connectivity index (χ3n) is 6.08. The number of carbonyl (C=O) groups excluding carboxylic acids is 1. The van der Waals surface area contributed by atoms with Gasteiger partial charge in [0.15, 0.2) is 0 Å². The Hall–Kier alpha value is -3.64. The second kappa shape index (κ2) is 8.71. The summed E-state index contributed by atoms with van der Waals surface area (Å²) in [6, 6.07) is 20.5. The molecule has 1 aliphatic rings. The molecule has 1 atom stereocenters. The highest BCUT2D eigenvalue weighted by molar-refractivity contribution is 6.30. The highest BCUT2D eigenvalue weighted by Crippen LogP contribution is 2.40. The van der Waals surface area contributed by atoms with Crippen molar-refractivity contribution in [3.05, 3.63) is 88.6 Å². The van der Waals surface area contributed by atoms with Crippen LogP contribution in [0.2, 0.25) is 5.02 Å². The number of ether oxygens (including phenoxy) is 2. The van der Waals surface area contributed by atoms with E-state index in [0.29, 0.717) is 17.3 Å². The predicted octanol–water partition coefficient (Wildman–Crippen LogP) is 6.02. The number of fused-ring (bicyclic) bond motifs is 3. The number of amides is 2. The van der Waals surface area contributed by atoms with Gasteiger partial charge in [-0.25, -0.2) is 4.79 Å². The number of methoxy groups -OCH3 is 2. The molecular weight excluding hydrogens is 438 g/mol. The van der Waals surface area contributed by atoms with Crippen LogP contribution in [-0.4, -0.2) is 36.7 Å². The van der Waals surface area contributed by atoms with Gasteiger partial charge in [-0.15, -0.1) is 0 Å². The van der Waals surface area contributed by atoms with Crippen molar-refractivity contribution in [2.45, 2.75) is 12.5 Å². The molecule has 0 saturated heterocycles. The van der Waals surface area contributed by atoms with Crippen LogP contribution in [0.25, 0.3) is 10.9 Å². The highest BCUT2D eigenvalue weighted by atomic mass is 35.5. The summed E-state index contributed by atoms with van der Waals surface area (Å²) in [4.78, 5) is 18.9. The van der Waals surface area contributed by atoms with Gasteiger partial charge in [-0.1, -0.05) is 29.8 Å². The largest absolute Gasteiger partial charge is 0.497 e. The van der Waals surface area contributed by atoms with Crippen LogP contribution < -0.4 is 14.8 Å². The fraction of sp³-hybridized carbons (Fsp3) is 0.192. The van der Waals surface area contributed by atoms with Crippen LogP contribution in [0, 0.1) is 0 Å². The first kappa shape index (κ1) is 21.2. The Morgan fingerprint density at radius 1 is 1.03 bits per heavy atom. The van der Waals surface area contributed by atoms with Gasteiger partial charge in [0.05, 0.1) is 20.3 Å². The first-order valence-corrected chi connectivity index (χ1v) is 11.1. The van der Waals surface area contributed by atoms with Gasteiger partial charge in [0.2, 0.25) is 0 Å². The number of nitrogens with zero attached hydrogens (tertiary/aromatic N) is 1. The summed E-state index contributed by atoms with van der Waals surface area (Å²) in [5, 5.41) is 4.69. The fourth-order valence-corrected chi connectivity index (χ4v) is 4.72. The SMILES string of the molecule is COc1cccc([C@@H]2c3[nH]c4ccc(OC)cc4c3CCN2C(=O)Nc2cccc(Cl)c2)c1. The standard InChI is InChI=1S/C26H24ClN3O3/c1-32-19-8-3-5-16(13-19)25-24-21(22-15-20(33-2)9-10-23(22)29-24)11-12-30(25)26(31)28-18-7-4-6-17(27)14-18/h3-10,13-15,25,29H,11-12H2,1-2H3,(H,28,31)/t25-/m1/s1. The number of halogens is 1. The molecule has 0 aliphatic carbocycles. The van der Waals surface area contributed by atoms with E-state index < -0.39 is 0 Å². The van der Waals surface area contributed by atoms with Crippen molar-refractivity contribution in [1.29, 1.82) is 0 Å². The summed E-state index contributed by atoms with van der Waals surface area (Å²) in [7, 11) is 3.31. The van der Waals surface area contributed by atoms with E-state index >= 15 is 0 Å². The Bertz CT molecular complexity index is 1330. The van der Waals surface area contributed by atoms with Gasteiger partial charge >= 0.3 is 6.03 Å². The molecule has 0 radical (unpaired) electrons. The summed E-state index contributed by atoms with van der Waals surface area (Å²) in [6.45, 7) is 0.561. The molecule has 2 N–H and O–H groups in total. The maximum atomic E-state index is 13.4. The van der Waals surface area contributed by atoms with Crippen LogP contribution in [-0.2, 0) is 6.42 Å². The Kier molecular flexibility index (Phi) is 5.60. The number of hydrogen-bond donors (Lipinski definition) is 2. The molecule has 0 spiro atoms. The number of aromatic amines is 1. The molecule has 2 heterocycles. The molecule has 0 bridgehead atoms. The maximum absolute atomic E-state index is 13.4. The topological polar surface area (TPSA) is 66.6 Å². The van der Waals surface area contributed by atoms with E-state index in [4.69, 9.17) is 21.1 Å². The van der Waals surface area contributed by atoms with Gasteiger partial charge in [0.25, 0.3) is 0 Å². The van der Waals surface area contributed by atoms with Crippen molar-refractivity contribution in [2.24, 2.45) is 0 Å². The Morgan fingerprint density at radius 3 is 2.61 bits per heavy atom. The van der Waals surface area contributed by atoms with Crippen LogP contribution in [0.3, 0.4) is 0 Å². The zero-order valence-electron chi connectivity index (χ0n) is 18.4. The molecule has 0 unspecified atom stereocenters. The predicted molar refractivity (Wildman–Crippen MR) is 131 cm³/mol. The molecule has 3 aromatic carbocycles. The summed E-state index contributed by atoms with van der Waals surface area (Å²) < 4.78 is 10.9. The summed E-state index contributed by atoms with van der Waals surface area (Å²) in [5.41, 5.74) is 4.84. The zero-order chi connectivity index (χ0) is 22.9. The molecule has 7 heteroatoms. The van der Waals surface area contributed by atoms with E-state index in [1.54, 1.807) is 26.4 Å². The zero-order valence-corrected chi connectivity index (χ0v) is 19.1. The minimum absolute atomic E-state index is 0.188. The van der Waals surface area contributed by atoms with Crippen LogP contribution in [0.4, 0.5) is 10.5 Å². The van der Waals surface area contributed by atoms with Crippen molar-refractivity contribution in [1.82, 2.24) is 9.88 Å². The lowest BCUT2D eigenvalue weighted by molar-refractivity contribution is 0.193. The lowest BCUT2D eigenvalue weighted by Crippen LogP contribution is -2.43. The van der Waals surface area contributed by atoms with Crippen LogP contribution >= 0.6 is 11.6 Å². The monoisotopic (exact) mass is 461 g/mol. The molecule has 6 nitrogen and oxygen atoms in total. The van der Waals surface area contributed by atoms with Crippen molar-refractivity contribution in [2.75, 3.05) is 26.1 Å². The lowest BCUT2D eigenvalue weighted by Gasteiger charge is -2.36. The van der Waals surface area contributed by atoms with Gasteiger partial charge in [-0.3, -0.25) is 0 Å². The number of H-pyrrole nitrogens is 1. The number of benzene rings is 3. The third kappa shape index (κ3) is 3.98. The maximum Gasteiger partial charge on any atom is 0.322 e. The molecule has 0 fully saturated rings. The highest BCUT2D eigenvalue weighted by Gasteiger charge is 2.35. The Morgan fingerprint density at radius 2 is 1.82 bits per heavy atom. The molecule has 1 aromatic heterocycles. The van der Waals surface area contributed by atoms with Gasteiger partial charge < -0.3 is 24.7 Å². The number of anilines is 1. The van der Waals surface area contributed by atoms with E-state index in [-0.39, 0.29) is 12.1 Å². The number of rotatable bonds is 4. The fourth-order valence-electron chi connectivity index (χ4n) is 4.53. The van der Waals surface area contributed by atoms with Crippen LogP contribution in [0.5, 0.6) is 11.5 Å². The minimum Gasteiger partial charge on any atom is -0.497 e. The average Bonchev–Trinajstić information content (AvgIpc) is 3.21. The van der Waals surface area contributed by atoms with Crippen molar-refractivity contribution in [3.63, 3.8) is 0 Å². The van der Waals surface area contributed by atoms with Gasteiger partial charge in [0, 0.05) is 33.9 Å². The Labute approximate surface area is 197 Å². The van der Waals surface area contributed by atoms with Crippen molar-refractivity contribution >= 4 is 34.2 Å². The van der Waals surface area contributed by atoms with E-state index in [1.807, 2.05) is 53.4 Å². The van der Waals surface area contributed by atoms with Gasteiger partial charge in [-0.2, -0.15) is 0 Å². The van der Waals surface area contributed by atoms with E-state index in [9.17, 15) is 4.79 Å². The number of carbonyl (C=O) groups is 1. The van der Waals surface area contributed by atoms with E-state index in [2.05, 4.69) is 16.4 Å². The number of aromatic nitrogens is 1. The molecule has 168 valence electrons. The normalized spacial score (nSPS) is 15.2. The second-order valence-electron chi connectivity index (χ2n) is 7.99. The summed E-state index contributed by atoms with van der Waals surface area (Å²) in [5.74, 6) is 1.55. The first-order valence-electron chi connectivity index (χ1n) is 10.7. The summed E-state index contributed by atoms with van der Waals surface area (Å²) in [6.07, 6.45) is 0.728. The summed E-state index contributed by atoms with van der Waals surface area (Å²) >= 11 is 6.11. The second-order valence-corrected chi connectivity index (χ2v) is 8.43. The van der Waals surface area contributed by atoms with Gasteiger partial charge in [-0.05, 0) is 66.1 Å². The van der Waals surface area contributed by atoms with Crippen molar-refractivity contribution < 1.29 is 14.3 Å². The molecule has 5 rings (SSSR count). The van der Waals surface area contributed by atoms with Crippen LogP contribution in [0.15, 0.2) is 66.7 Å². The lowest BCUT2D eigenvalue weighted by atomic mass is 9.92. The molecule has 2 amide bonds. The average molecular weight is 462 g/mol. The molecule has 4 aromatic rings. The van der Waals surface area contributed by atoms with E-state index in [0.717, 1.165) is 40.1 Å². The smallest absolute Gasteiger partial charge is 0.322 e. The van der Waals surface area contributed by atoms with Gasteiger partial charge in [0.1, 0.15) is 11.5 Å². The number of nitrogens with one attached hydrogen (secondary N) is 2. The number of urea groups is 1. The van der Waals surface area contributed by atoms with Crippen molar-refractivity contribution in [3.8, 4) is 11.5 Å². The van der Waals surface area contributed by atoms with Crippen LogP contribution in [0.1, 0.15) is 22.9 Å². The third-order valence-corrected chi connectivity index (χ3v) is 6.32. The molecule has 1 aliphatic heterocycles. The first-order chi connectivity index (χ1) is 16.1. The quantitative estimate of drug-likeness (QED) is 0.390.